The minimum Gasteiger partial charge on any atom is -0.493 e. The molecular weight excluding hydrogens is 388 g/mol. The molecule has 3 aromatic rings. The Hall–Kier alpha value is -2.72. The Kier molecular flexibility index (Phi) is 5.91. The number of nitrogens with two attached hydrogens (primary N) is 1. The normalized spacial score (nSPS) is 14.1. The minimum atomic E-state index is 0.322. The number of hydrogen-bond donors (Lipinski definition) is 1. The van der Waals surface area contributed by atoms with Gasteiger partial charge in [-0.3, -0.25) is 0 Å². The number of anilines is 2. The van der Waals surface area contributed by atoms with Crippen LogP contribution >= 0.6 is 11.3 Å². The molecule has 10 heteroatoms. The number of aromatic nitrogens is 5. The standard InChI is InChI=1S/C19H26N8OS/c1-25(2)10-7-13-28-15-9-4-3-8-14(15)16-22-23-19(29-16)27-17(20)21-18(24-27)26-11-5-6-12-26/h3-4,8-9H,5-7,10-13H2,1-2H3,(H2,20,21,24). The van der Waals surface area contributed by atoms with Crippen LogP contribution < -0.4 is 15.4 Å². The lowest BCUT2D eigenvalue weighted by Gasteiger charge is -2.12. The highest BCUT2D eigenvalue weighted by Gasteiger charge is 2.21. The molecule has 9 nitrogen and oxygen atoms in total. The molecule has 0 unspecified atom stereocenters. The van der Waals surface area contributed by atoms with E-state index in [0.29, 0.717) is 23.6 Å². The van der Waals surface area contributed by atoms with Crippen LogP contribution in [0.25, 0.3) is 15.7 Å². The van der Waals surface area contributed by atoms with E-state index in [1.54, 1.807) is 4.68 Å². The van der Waals surface area contributed by atoms with Crippen molar-refractivity contribution < 1.29 is 4.74 Å². The zero-order valence-electron chi connectivity index (χ0n) is 16.8. The van der Waals surface area contributed by atoms with Gasteiger partial charge in [-0.2, -0.15) is 9.67 Å². The largest absolute Gasteiger partial charge is 0.493 e. The highest BCUT2D eigenvalue weighted by atomic mass is 32.1. The second kappa shape index (κ2) is 8.75. The lowest BCUT2D eigenvalue weighted by atomic mass is 10.2. The molecule has 154 valence electrons. The van der Waals surface area contributed by atoms with Gasteiger partial charge in [0, 0.05) is 19.6 Å². The molecule has 1 saturated heterocycles. The fraction of sp³-hybridized carbons (Fsp3) is 0.474. The van der Waals surface area contributed by atoms with E-state index in [-0.39, 0.29) is 0 Å². The van der Waals surface area contributed by atoms with Gasteiger partial charge in [0.1, 0.15) is 5.75 Å². The Balaban J connectivity index is 1.52. The first-order chi connectivity index (χ1) is 14.1. The summed E-state index contributed by atoms with van der Waals surface area (Å²) in [5.74, 6) is 1.78. The van der Waals surface area contributed by atoms with Crippen molar-refractivity contribution in [3.63, 3.8) is 0 Å². The van der Waals surface area contributed by atoms with Gasteiger partial charge in [-0.25, -0.2) is 0 Å². The van der Waals surface area contributed by atoms with Crippen LogP contribution in [0.2, 0.25) is 0 Å². The van der Waals surface area contributed by atoms with E-state index in [2.05, 4.69) is 44.2 Å². The third-order valence-electron chi connectivity index (χ3n) is 4.73. The van der Waals surface area contributed by atoms with Gasteiger partial charge in [-0.05, 0) is 45.5 Å². The molecule has 1 aromatic carbocycles. The van der Waals surface area contributed by atoms with Crippen molar-refractivity contribution in [2.45, 2.75) is 19.3 Å². The summed E-state index contributed by atoms with van der Waals surface area (Å²) < 4.78 is 7.56. The summed E-state index contributed by atoms with van der Waals surface area (Å²) in [5, 5.41) is 14.5. The van der Waals surface area contributed by atoms with Gasteiger partial charge in [-0.15, -0.1) is 15.3 Å². The van der Waals surface area contributed by atoms with Crippen molar-refractivity contribution in [2.24, 2.45) is 0 Å². The molecule has 0 saturated carbocycles. The van der Waals surface area contributed by atoms with Crippen molar-refractivity contribution in [2.75, 3.05) is 51.0 Å². The number of nitrogens with zero attached hydrogens (tertiary/aromatic N) is 7. The zero-order chi connectivity index (χ0) is 20.2. The van der Waals surface area contributed by atoms with Gasteiger partial charge in [0.15, 0.2) is 5.01 Å². The molecule has 4 rings (SSSR count). The quantitative estimate of drug-likeness (QED) is 0.561. The SMILES string of the molecule is CN(C)CCCOc1ccccc1-c1nnc(-n2nc(N3CCCC3)nc2N)s1. The molecule has 0 radical (unpaired) electrons. The molecule has 1 aliphatic heterocycles. The van der Waals surface area contributed by atoms with Crippen LogP contribution in [0.3, 0.4) is 0 Å². The Morgan fingerprint density at radius 2 is 1.97 bits per heavy atom. The minimum absolute atomic E-state index is 0.322. The van der Waals surface area contributed by atoms with Crippen molar-refractivity contribution in [3.05, 3.63) is 24.3 Å². The fourth-order valence-electron chi connectivity index (χ4n) is 3.25. The van der Waals surface area contributed by atoms with Gasteiger partial charge in [0.05, 0.1) is 12.2 Å². The maximum atomic E-state index is 6.10. The summed E-state index contributed by atoms with van der Waals surface area (Å²) in [5.41, 5.74) is 7.01. The molecule has 29 heavy (non-hydrogen) atoms. The number of nitrogen functional groups attached to an aromatic ring is 1. The van der Waals surface area contributed by atoms with Gasteiger partial charge in [-0.1, -0.05) is 23.5 Å². The summed E-state index contributed by atoms with van der Waals surface area (Å²) in [6.07, 6.45) is 3.27. The van der Waals surface area contributed by atoms with Crippen LogP contribution in [0.1, 0.15) is 19.3 Å². The van der Waals surface area contributed by atoms with Crippen molar-refractivity contribution in [3.8, 4) is 21.5 Å². The number of para-hydroxylation sites is 1. The van der Waals surface area contributed by atoms with Crippen LogP contribution in [-0.4, -0.2) is 70.2 Å². The van der Waals surface area contributed by atoms with E-state index in [1.165, 1.54) is 11.3 Å². The van der Waals surface area contributed by atoms with E-state index >= 15 is 0 Å². The first-order valence-corrected chi connectivity index (χ1v) is 10.6. The van der Waals surface area contributed by atoms with Gasteiger partial charge < -0.3 is 20.3 Å². The van der Waals surface area contributed by atoms with E-state index in [9.17, 15) is 0 Å². The third-order valence-corrected chi connectivity index (χ3v) is 5.66. The van der Waals surface area contributed by atoms with Crippen LogP contribution in [-0.2, 0) is 0 Å². The Bertz CT molecular complexity index is 947. The Morgan fingerprint density at radius 3 is 2.76 bits per heavy atom. The van der Waals surface area contributed by atoms with E-state index < -0.39 is 0 Å². The summed E-state index contributed by atoms with van der Waals surface area (Å²) in [6.45, 7) is 3.55. The predicted molar refractivity (Wildman–Crippen MR) is 115 cm³/mol. The van der Waals surface area contributed by atoms with Crippen LogP contribution in [0.15, 0.2) is 24.3 Å². The van der Waals surface area contributed by atoms with Crippen LogP contribution in [0.4, 0.5) is 11.9 Å². The molecule has 0 spiro atoms. The Labute approximate surface area is 174 Å². The average Bonchev–Trinajstić information content (AvgIpc) is 3.45. The fourth-order valence-corrected chi connectivity index (χ4v) is 4.08. The highest BCUT2D eigenvalue weighted by Crippen LogP contribution is 2.33. The molecule has 2 N–H and O–H groups in total. The predicted octanol–water partition coefficient (Wildman–Crippen LogP) is 2.30. The second-order valence-electron chi connectivity index (χ2n) is 7.27. The van der Waals surface area contributed by atoms with Crippen molar-refractivity contribution >= 4 is 23.2 Å². The molecule has 0 amide bonds. The molecule has 3 heterocycles. The maximum absolute atomic E-state index is 6.10. The van der Waals surface area contributed by atoms with Crippen LogP contribution in [0, 0.1) is 0 Å². The first kappa shape index (κ1) is 19.6. The second-order valence-corrected chi connectivity index (χ2v) is 8.22. The highest BCUT2D eigenvalue weighted by molar-refractivity contribution is 7.17. The summed E-state index contributed by atoms with van der Waals surface area (Å²) in [6, 6.07) is 7.89. The summed E-state index contributed by atoms with van der Waals surface area (Å²) in [7, 11) is 4.11. The number of hydrogen-bond acceptors (Lipinski definition) is 9. The van der Waals surface area contributed by atoms with E-state index in [4.69, 9.17) is 10.5 Å². The monoisotopic (exact) mass is 414 g/mol. The molecule has 0 bridgehead atoms. The lowest BCUT2D eigenvalue weighted by molar-refractivity contribution is 0.282. The smallest absolute Gasteiger partial charge is 0.247 e. The average molecular weight is 415 g/mol. The number of benzene rings is 1. The molecule has 0 atom stereocenters. The van der Waals surface area contributed by atoms with E-state index in [0.717, 1.165) is 55.2 Å². The maximum Gasteiger partial charge on any atom is 0.247 e. The zero-order valence-corrected chi connectivity index (χ0v) is 17.6. The van der Waals surface area contributed by atoms with E-state index in [1.807, 2.05) is 24.3 Å². The first-order valence-electron chi connectivity index (χ1n) is 9.80. The lowest BCUT2D eigenvalue weighted by Crippen LogP contribution is -2.19. The number of ether oxygens (including phenoxy) is 1. The van der Waals surface area contributed by atoms with Crippen molar-refractivity contribution in [1.82, 2.24) is 29.9 Å². The molecule has 0 aliphatic carbocycles. The third kappa shape index (κ3) is 4.48. The van der Waals surface area contributed by atoms with Crippen molar-refractivity contribution in [1.29, 1.82) is 0 Å². The van der Waals surface area contributed by atoms with Gasteiger partial charge in [0.25, 0.3) is 0 Å². The summed E-state index contributed by atoms with van der Waals surface area (Å²) in [4.78, 5) is 8.69. The van der Waals surface area contributed by atoms with Crippen LogP contribution in [0.5, 0.6) is 5.75 Å². The molecule has 2 aromatic heterocycles. The van der Waals surface area contributed by atoms with Gasteiger partial charge >= 0.3 is 0 Å². The Morgan fingerprint density at radius 1 is 1.17 bits per heavy atom. The molecule has 1 fully saturated rings. The topological polar surface area (TPSA) is 98.2 Å². The molecular formula is C19H26N8OS. The molecule has 1 aliphatic rings. The number of rotatable bonds is 8. The summed E-state index contributed by atoms with van der Waals surface area (Å²) >= 11 is 1.42. The van der Waals surface area contributed by atoms with Gasteiger partial charge in [0.2, 0.25) is 17.0 Å².